The molecule has 0 aromatic carbocycles. The fourth-order valence-corrected chi connectivity index (χ4v) is 1.58. The molecule has 0 spiro atoms. The highest BCUT2D eigenvalue weighted by atomic mass is 16.2. The normalized spacial score (nSPS) is 14.9. The number of hydrogen-bond donors (Lipinski definition) is 2. The first-order valence-corrected chi connectivity index (χ1v) is 5.42. The summed E-state index contributed by atoms with van der Waals surface area (Å²) in [5.41, 5.74) is 4.90. The van der Waals surface area contributed by atoms with Gasteiger partial charge in [-0.3, -0.25) is 14.4 Å². The van der Waals surface area contributed by atoms with E-state index in [9.17, 15) is 14.4 Å². The van der Waals surface area contributed by atoms with Crippen molar-refractivity contribution in [2.75, 3.05) is 19.6 Å². The average molecular weight is 227 g/mol. The fourth-order valence-electron chi connectivity index (χ4n) is 1.58. The summed E-state index contributed by atoms with van der Waals surface area (Å²) in [4.78, 5) is 34.8. The second-order valence-electron chi connectivity index (χ2n) is 3.83. The van der Waals surface area contributed by atoms with Crippen molar-refractivity contribution in [1.82, 2.24) is 10.2 Å². The molecule has 0 radical (unpaired) electrons. The summed E-state index contributed by atoms with van der Waals surface area (Å²) in [6.07, 6.45) is 2.12. The van der Waals surface area contributed by atoms with Crippen LogP contribution < -0.4 is 11.1 Å². The molecule has 90 valence electrons. The van der Waals surface area contributed by atoms with Gasteiger partial charge in [-0.2, -0.15) is 0 Å². The third-order valence-electron chi connectivity index (χ3n) is 2.49. The van der Waals surface area contributed by atoms with Gasteiger partial charge in [0, 0.05) is 25.9 Å². The van der Waals surface area contributed by atoms with Crippen molar-refractivity contribution in [2.24, 2.45) is 5.73 Å². The summed E-state index contributed by atoms with van der Waals surface area (Å²) in [5.74, 6) is -0.891. The largest absolute Gasteiger partial charge is 0.370 e. The number of carbonyl (C=O) groups excluding carboxylic acids is 3. The Balaban J connectivity index is 2.15. The molecule has 0 unspecified atom stereocenters. The second-order valence-corrected chi connectivity index (χ2v) is 3.83. The highest BCUT2D eigenvalue weighted by molar-refractivity contribution is 5.87. The number of rotatable bonds is 5. The zero-order valence-corrected chi connectivity index (χ0v) is 9.20. The van der Waals surface area contributed by atoms with Gasteiger partial charge in [-0.15, -0.1) is 0 Å². The lowest BCUT2D eigenvalue weighted by atomic mass is 10.3. The SMILES string of the molecule is NC(=O)CCC(=O)NCC(=O)N1CCCC1. The van der Waals surface area contributed by atoms with Gasteiger partial charge in [0.1, 0.15) is 0 Å². The molecular weight excluding hydrogens is 210 g/mol. The average Bonchev–Trinajstić information content (AvgIpc) is 2.76. The molecule has 0 aromatic rings. The van der Waals surface area contributed by atoms with Crippen molar-refractivity contribution >= 4 is 17.7 Å². The van der Waals surface area contributed by atoms with E-state index in [2.05, 4.69) is 5.32 Å². The van der Waals surface area contributed by atoms with Gasteiger partial charge >= 0.3 is 0 Å². The lowest BCUT2D eigenvalue weighted by molar-refractivity contribution is -0.132. The highest BCUT2D eigenvalue weighted by Gasteiger charge is 2.17. The lowest BCUT2D eigenvalue weighted by Gasteiger charge is -2.15. The predicted molar refractivity (Wildman–Crippen MR) is 57.3 cm³/mol. The molecule has 0 bridgehead atoms. The Bertz CT molecular complexity index is 285. The molecule has 3 N–H and O–H groups in total. The van der Waals surface area contributed by atoms with Crippen LogP contribution >= 0.6 is 0 Å². The van der Waals surface area contributed by atoms with Crippen LogP contribution in [0.3, 0.4) is 0 Å². The van der Waals surface area contributed by atoms with Crippen LogP contribution in [0.5, 0.6) is 0 Å². The van der Waals surface area contributed by atoms with Crippen molar-refractivity contribution in [1.29, 1.82) is 0 Å². The number of nitrogens with one attached hydrogen (secondary N) is 1. The minimum atomic E-state index is -0.513. The van der Waals surface area contributed by atoms with Gasteiger partial charge in [-0.25, -0.2) is 0 Å². The van der Waals surface area contributed by atoms with E-state index < -0.39 is 5.91 Å². The quantitative estimate of drug-likeness (QED) is 0.630. The molecule has 1 saturated heterocycles. The summed E-state index contributed by atoms with van der Waals surface area (Å²) in [5, 5.41) is 2.48. The number of primary amides is 1. The maximum Gasteiger partial charge on any atom is 0.241 e. The monoisotopic (exact) mass is 227 g/mol. The number of carbonyl (C=O) groups is 3. The van der Waals surface area contributed by atoms with Crippen molar-refractivity contribution in [3.05, 3.63) is 0 Å². The number of nitrogens with zero attached hydrogens (tertiary/aromatic N) is 1. The molecule has 1 aliphatic rings. The van der Waals surface area contributed by atoms with E-state index in [0.717, 1.165) is 25.9 Å². The zero-order chi connectivity index (χ0) is 12.0. The van der Waals surface area contributed by atoms with Crippen molar-refractivity contribution in [3.63, 3.8) is 0 Å². The summed E-state index contributed by atoms with van der Waals surface area (Å²) in [6.45, 7) is 1.56. The van der Waals surface area contributed by atoms with Crippen molar-refractivity contribution in [3.8, 4) is 0 Å². The summed E-state index contributed by atoms with van der Waals surface area (Å²) in [6, 6.07) is 0. The molecule has 1 fully saturated rings. The first kappa shape index (κ1) is 12.5. The Labute approximate surface area is 94.2 Å². The van der Waals surface area contributed by atoms with E-state index in [1.54, 1.807) is 4.90 Å². The van der Waals surface area contributed by atoms with Crippen LogP contribution in [0.15, 0.2) is 0 Å². The van der Waals surface area contributed by atoms with Crippen LogP contribution in [-0.2, 0) is 14.4 Å². The minimum Gasteiger partial charge on any atom is -0.370 e. The van der Waals surface area contributed by atoms with Gasteiger partial charge < -0.3 is 16.0 Å². The van der Waals surface area contributed by atoms with Gasteiger partial charge in [-0.1, -0.05) is 0 Å². The van der Waals surface area contributed by atoms with E-state index in [0.29, 0.717) is 0 Å². The first-order chi connectivity index (χ1) is 7.59. The smallest absolute Gasteiger partial charge is 0.241 e. The Kier molecular flexibility index (Phi) is 4.75. The van der Waals surface area contributed by atoms with Gasteiger partial charge in [-0.05, 0) is 12.8 Å². The van der Waals surface area contributed by atoms with E-state index in [4.69, 9.17) is 5.73 Å². The van der Waals surface area contributed by atoms with E-state index in [1.807, 2.05) is 0 Å². The van der Waals surface area contributed by atoms with Crippen molar-refractivity contribution in [2.45, 2.75) is 25.7 Å². The molecule has 3 amide bonds. The van der Waals surface area contributed by atoms with Crippen LogP contribution in [0, 0.1) is 0 Å². The minimum absolute atomic E-state index is 0.0115. The molecule has 0 aromatic heterocycles. The van der Waals surface area contributed by atoms with E-state index in [1.165, 1.54) is 0 Å². The van der Waals surface area contributed by atoms with E-state index >= 15 is 0 Å². The third kappa shape index (κ3) is 4.29. The maximum absolute atomic E-state index is 11.5. The number of likely N-dealkylation sites (tertiary alicyclic amines) is 1. The molecule has 1 rings (SSSR count). The summed E-state index contributed by atoms with van der Waals surface area (Å²) in [7, 11) is 0. The molecule has 6 heteroatoms. The molecule has 6 nitrogen and oxygen atoms in total. The molecule has 0 atom stereocenters. The number of hydrogen-bond acceptors (Lipinski definition) is 3. The molecule has 1 heterocycles. The maximum atomic E-state index is 11.5. The molecule has 16 heavy (non-hydrogen) atoms. The molecule has 0 aliphatic carbocycles. The first-order valence-electron chi connectivity index (χ1n) is 5.42. The molecular formula is C10H17N3O3. The molecule has 0 saturated carbocycles. The van der Waals surface area contributed by atoms with E-state index in [-0.39, 0.29) is 31.2 Å². The van der Waals surface area contributed by atoms with Crippen molar-refractivity contribution < 1.29 is 14.4 Å². The Hall–Kier alpha value is -1.59. The highest BCUT2D eigenvalue weighted by Crippen LogP contribution is 2.06. The van der Waals surface area contributed by atoms with Crippen LogP contribution in [0.4, 0.5) is 0 Å². The second kappa shape index (κ2) is 6.09. The van der Waals surface area contributed by atoms with Gasteiger partial charge in [0.2, 0.25) is 17.7 Å². The molecule has 1 aliphatic heterocycles. The standard InChI is InChI=1S/C10H17N3O3/c11-8(14)3-4-9(15)12-7-10(16)13-5-1-2-6-13/h1-7H2,(H2,11,14)(H,12,15). The lowest BCUT2D eigenvalue weighted by Crippen LogP contribution is -2.38. The fraction of sp³-hybridized carbons (Fsp3) is 0.700. The number of amides is 3. The van der Waals surface area contributed by atoms with Gasteiger partial charge in [0.25, 0.3) is 0 Å². The third-order valence-corrected chi connectivity index (χ3v) is 2.49. The topological polar surface area (TPSA) is 92.5 Å². The Morgan fingerprint density at radius 2 is 1.75 bits per heavy atom. The van der Waals surface area contributed by atoms with Crippen LogP contribution in [0.1, 0.15) is 25.7 Å². The predicted octanol–water partition coefficient (Wildman–Crippen LogP) is -1.01. The van der Waals surface area contributed by atoms with Crippen LogP contribution in [0.2, 0.25) is 0 Å². The number of nitrogens with two attached hydrogens (primary N) is 1. The zero-order valence-electron chi connectivity index (χ0n) is 9.20. The van der Waals surface area contributed by atoms with Crippen LogP contribution in [0.25, 0.3) is 0 Å². The Morgan fingerprint density at radius 3 is 2.31 bits per heavy atom. The summed E-state index contributed by atoms with van der Waals surface area (Å²) < 4.78 is 0. The summed E-state index contributed by atoms with van der Waals surface area (Å²) >= 11 is 0. The Morgan fingerprint density at radius 1 is 1.12 bits per heavy atom. The van der Waals surface area contributed by atoms with Crippen LogP contribution in [-0.4, -0.2) is 42.3 Å². The van der Waals surface area contributed by atoms with Gasteiger partial charge in [0.15, 0.2) is 0 Å². The van der Waals surface area contributed by atoms with Gasteiger partial charge in [0.05, 0.1) is 6.54 Å².